The Bertz CT molecular complexity index is 1030. The van der Waals surface area contributed by atoms with Crippen LogP contribution in [0.2, 0.25) is 10.0 Å². The zero-order valence-corrected chi connectivity index (χ0v) is 14.5. The number of nitrogens with zero attached hydrogens (tertiary/aromatic N) is 2. The minimum Gasteiger partial charge on any atom is -0.495 e. The van der Waals surface area contributed by atoms with Crippen molar-refractivity contribution in [3.63, 3.8) is 0 Å². The van der Waals surface area contributed by atoms with Gasteiger partial charge in [-0.2, -0.15) is 5.26 Å². The second kappa shape index (κ2) is 6.98. The third-order valence-corrected chi connectivity index (χ3v) is 4.17. The van der Waals surface area contributed by atoms with Gasteiger partial charge >= 0.3 is 0 Å². The number of nitrogens with one attached hydrogen (secondary N) is 1. The topological polar surface area (TPSA) is 75.0 Å². The summed E-state index contributed by atoms with van der Waals surface area (Å²) in [6, 6.07) is 13.9. The van der Waals surface area contributed by atoms with Crippen LogP contribution in [0.1, 0.15) is 15.9 Å². The maximum Gasteiger partial charge on any atom is 0.258 e. The molecule has 3 aromatic rings. The Kier molecular flexibility index (Phi) is 4.75. The molecule has 1 heterocycles. The van der Waals surface area contributed by atoms with Crippen LogP contribution >= 0.6 is 23.2 Å². The number of hydrogen-bond acceptors (Lipinski definition) is 4. The van der Waals surface area contributed by atoms with Crippen molar-refractivity contribution < 1.29 is 9.53 Å². The molecule has 0 aliphatic rings. The fourth-order valence-electron chi connectivity index (χ4n) is 2.33. The van der Waals surface area contributed by atoms with Crippen molar-refractivity contribution in [2.75, 3.05) is 12.4 Å². The molecular weight excluding hydrogens is 361 g/mol. The van der Waals surface area contributed by atoms with Gasteiger partial charge in [0.15, 0.2) is 5.82 Å². The number of para-hydroxylation sites is 1. The standard InChI is InChI=1S/C18H11Cl2N3O2/c1-25-16-7-12(13(19)8-14(16)20)18(24)23-17-11(9-21)6-10-4-2-3-5-15(10)22-17/h2-8H,1H3,(H,22,23,24). The highest BCUT2D eigenvalue weighted by molar-refractivity contribution is 6.38. The van der Waals surface area contributed by atoms with E-state index in [4.69, 9.17) is 27.9 Å². The first-order valence-electron chi connectivity index (χ1n) is 7.17. The molecule has 3 rings (SSSR count). The summed E-state index contributed by atoms with van der Waals surface area (Å²) >= 11 is 12.1. The van der Waals surface area contributed by atoms with Gasteiger partial charge in [0.05, 0.1) is 33.8 Å². The van der Waals surface area contributed by atoms with Gasteiger partial charge in [-0.15, -0.1) is 0 Å². The summed E-state index contributed by atoms with van der Waals surface area (Å²) in [6.45, 7) is 0. The van der Waals surface area contributed by atoms with Crippen LogP contribution in [-0.4, -0.2) is 18.0 Å². The van der Waals surface area contributed by atoms with Gasteiger partial charge < -0.3 is 10.1 Å². The average molecular weight is 372 g/mol. The fourth-order valence-corrected chi connectivity index (χ4v) is 2.88. The molecule has 124 valence electrons. The summed E-state index contributed by atoms with van der Waals surface area (Å²) < 4.78 is 5.11. The number of methoxy groups -OCH3 is 1. The molecule has 0 atom stereocenters. The molecule has 1 N–H and O–H groups in total. The van der Waals surface area contributed by atoms with Crippen molar-refractivity contribution in [3.05, 3.63) is 63.6 Å². The Hall–Kier alpha value is -2.81. The molecule has 2 aromatic carbocycles. The lowest BCUT2D eigenvalue weighted by Gasteiger charge is -2.11. The van der Waals surface area contributed by atoms with E-state index < -0.39 is 5.91 Å². The van der Waals surface area contributed by atoms with Crippen molar-refractivity contribution in [3.8, 4) is 11.8 Å². The summed E-state index contributed by atoms with van der Waals surface area (Å²) in [5.74, 6) is -0.0291. The molecule has 7 heteroatoms. The van der Waals surface area contributed by atoms with E-state index in [0.717, 1.165) is 5.39 Å². The van der Waals surface area contributed by atoms with Crippen molar-refractivity contribution in [2.24, 2.45) is 0 Å². The maximum atomic E-state index is 12.6. The second-order valence-corrected chi connectivity index (χ2v) is 5.92. The molecule has 0 spiro atoms. The van der Waals surface area contributed by atoms with Gasteiger partial charge in [0.1, 0.15) is 11.8 Å². The molecule has 0 fully saturated rings. The number of benzene rings is 2. The van der Waals surface area contributed by atoms with Gasteiger partial charge in [-0.3, -0.25) is 4.79 Å². The van der Waals surface area contributed by atoms with E-state index in [-0.39, 0.29) is 22.0 Å². The summed E-state index contributed by atoms with van der Waals surface area (Å²) in [6.07, 6.45) is 0. The molecule has 25 heavy (non-hydrogen) atoms. The van der Waals surface area contributed by atoms with Gasteiger partial charge in [-0.05, 0) is 24.3 Å². The van der Waals surface area contributed by atoms with Crippen molar-refractivity contribution in [2.45, 2.75) is 0 Å². The lowest BCUT2D eigenvalue weighted by Crippen LogP contribution is -2.15. The van der Waals surface area contributed by atoms with Crippen LogP contribution < -0.4 is 10.1 Å². The third-order valence-electron chi connectivity index (χ3n) is 3.56. The van der Waals surface area contributed by atoms with Gasteiger partial charge in [-0.1, -0.05) is 41.4 Å². The quantitative estimate of drug-likeness (QED) is 0.725. The highest BCUT2D eigenvalue weighted by atomic mass is 35.5. The molecule has 0 saturated carbocycles. The number of hydrogen-bond donors (Lipinski definition) is 1. The molecule has 0 unspecified atom stereocenters. The first-order valence-corrected chi connectivity index (χ1v) is 7.93. The Balaban J connectivity index is 2.01. The maximum absolute atomic E-state index is 12.6. The van der Waals surface area contributed by atoms with Crippen LogP contribution in [0.3, 0.4) is 0 Å². The molecule has 0 radical (unpaired) electrons. The molecule has 0 aliphatic carbocycles. The monoisotopic (exact) mass is 371 g/mol. The zero-order chi connectivity index (χ0) is 18.0. The normalized spacial score (nSPS) is 10.3. The molecular formula is C18H11Cl2N3O2. The zero-order valence-electron chi connectivity index (χ0n) is 13.0. The summed E-state index contributed by atoms with van der Waals surface area (Å²) in [5, 5.41) is 13.2. The fraction of sp³-hybridized carbons (Fsp3) is 0.0556. The van der Waals surface area contributed by atoms with E-state index in [1.54, 1.807) is 12.1 Å². The van der Waals surface area contributed by atoms with E-state index in [2.05, 4.69) is 10.3 Å². The van der Waals surface area contributed by atoms with E-state index >= 15 is 0 Å². The molecule has 0 saturated heterocycles. The van der Waals surface area contributed by atoms with Gasteiger partial charge in [0.2, 0.25) is 0 Å². The van der Waals surface area contributed by atoms with E-state index in [1.807, 2.05) is 24.3 Å². The average Bonchev–Trinajstić information content (AvgIpc) is 2.61. The van der Waals surface area contributed by atoms with Crippen LogP contribution in [0, 0.1) is 11.3 Å². The number of nitriles is 1. The second-order valence-electron chi connectivity index (χ2n) is 5.11. The first kappa shape index (κ1) is 17.0. The van der Waals surface area contributed by atoms with Gasteiger partial charge in [-0.25, -0.2) is 4.98 Å². The number of halogens is 2. The third kappa shape index (κ3) is 3.36. The Morgan fingerprint density at radius 1 is 1.20 bits per heavy atom. The van der Waals surface area contributed by atoms with Crippen LogP contribution in [0.5, 0.6) is 5.75 Å². The summed E-state index contributed by atoms with van der Waals surface area (Å²) in [4.78, 5) is 16.9. The van der Waals surface area contributed by atoms with E-state index in [0.29, 0.717) is 16.3 Å². The lowest BCUT2D eigenvalue weighted by atomic mass is 10.1. The number of ether oxygens (including phenoxy) is 1. The van der Waals surface area contributed by atoms with Crippen LogP contribution in [-0.2, 0) is 0 Å². The molecule has 5 nitrogen and oxygen atoms in total. The number of aromatic nitrogens is 1. The Labute approximate surface area is 153 Å². The summed E-state index contributed by atoms with van der Waals surface area (Å²) in [5.41, 5.74) is 1.09. The van der Waals surface area contributed by atoms with E-state index in [1.165, 1.54) is 19.2 Å². The van der Waals surface area contributed by atoms with Gasteiger partial charge in [0.25, 0.3) is 5.91 Å². The number of anilines is 1. The predicted octanol–water partition coefficient (Wildman–Crippen LogP) is 4.67. The lowest BCUT2D eigenvalue weighted by molar-refractivity contribution is 0.102. The van der Waals surface area contributed by atoms with Crippen LogP contribution in [0.15, 0.2) is 42.5 Å². The highest BCUT2D eigenvalue weighted by Gasteiger charge is 2.17. The Morgan fingerprint density at radius 2 is 1.96 bits per heavy atom. The van der Waals surface area contributed by atoms with Crippen LogP contribution in [0.4, 0.5) is 5.82 Å². The van der Waals surface area contributed by atoms with Crippen molar-refractivity contribution >= 4 is 45.8 Å². The number of pyridine rings is 1. The largest absolute Gasteiger partial charge is 0.495 e. The first-order chi connectivity index (χ1) is 12.0. The van der Waals surface area contributed by atoms with E-state index in [9.17, 15) is 10.1 Å². The minimum atomic E-state index is -0.515. The number of rotatable bonds is 3. The minimum absolute atomic E-state index is 0.163. The van der Waals surface area contributed by atoms with Crippen molar-refractivity contribution in [1.82, 2.24) is 4.98 Å². The van der Waals surface area contributed by atoms with Crippen LogP contribution in [0.25, 0.3) is 10.9 Å². The molecule has 0 aliphatic heterocycles. The van der Waals surface area contributed by atoms with Crippen molar-refractivity contribution in [1.29, 1.82) is 5.26 Å². The number of carbonyl (C=O) groups is 1. The number of amides is 1. The predicted molar refractivity (Wildman–Crippen MR) is 97.4 cm³/mol. The summed E-state index contributed by atoms with van der Waals surface area (Å²) in [7, 11) is 1.44. The molecule has 1 amide bonds. The SMILES string of the molecule is COc1cc(C(=O)Nc2nc3ccccc3cc2C#N)c(Cl)cc1Cl. The Morgan fingerprint density at radius 3 is 2.68 bits per heavy atom. The molecule has 1 aromatic heterocycles. The smallest absolute Gasteiger partial charge is 0.258 e. The molecule has 0 bridgehead atoms. The number of carbonyl (C=O) groups excluding carboxylic acids is 1. The van der Waals surface area contributed by atoms with Gasteiger partial charge in [0, 0.05) is 5.39 Å². The highest BCUT2D eigenvalue weighted by Crippen LogP contribution is 2.31. The number of fused-ring (bicyclic) bond motifs is 1.